The number of fused-ring (bicyclic) bond motifs is 1. The summed E-state index contributed by atoms with van der Waals surface area (Å²) in [6.07, 6.45) is 5.41. The molecule has 3 aromatic heterocycles. The van der Waals surface area contributed by atoms with Gasteiger partial charge in [0.1, 0.15) is 12.1 Å². The minimum absolute atomic E-state index is 0.173. The lowest BCUT2D eigenvalue weighted by molar-refractivity contribution is 0.370. The van der Waals surface area contributed by atoms with Crippen LogP contribution in [0.25, 0.3) is 28.2 Å². The molecule has 0 aliphatic heterocycles. The van der Waals surface area contributed by atoms with Crippen molar-refractivity contribution in [2.24, 2.45) is 0 Å². The largest absolute Gasteiger partial charge is 0.337 e. The third-order valence-corrected chi connectivity index (χ3v) is 5.86. The molecule has 0 saturated heterocycles. The van der Waals surface area contributed by atoms with Crippen LogP contribution in [0.15, 0.2) is 81.2 Å². The number of hydrogen-bond donors (Lipinski definition) is 0. The highest BCUT2D eigenvalue weighted by molar-refractivity contribution is 7.98. The monoisotopic (exact) mass is 449 g/mol. The van der Waals surface area contributed by atoms with Crippen LogP contribution in [0.2, 0.25) is 5.02 Å². The Labute approximate surface area is 186 Å². The van der Waals surface area contributed by atoms with Gasteiger partial charge in [-0.05, 0) is 48.7 Å². The molecule has 0 N–H and O–H groups in total. The molecule has 2 aromatic carbocycles. The predicted molar refractivity (Wildman–Crippen MR) is 121 cm³/mol. The first-order chi connectivity index (χ1) is 15.1. The van der Waals surface area contributed by atoms with Crippen molar-refractivity contribution in [3.8, 4) is 22.6 Å². The lowest BCUT2D eigenvalue weighted by Gasteiger charge is -2.02. The molecular weight excluding hydrogens is 434 g/mol. The van der Waals surface area contributed by atoms with Crippen LogP contribution in [0.1, 0.15) is 5.89 Å². The van der Waals surface area contributed by atoms with E-state index >= 15 is 0 Å². The van der Waals surface area contributed by atoms with Crippen molar-refractivity contribution < 1.29 is 4.52 Å². The second kappa shape index (κ2) is 8.05. The predicted octanol–water partition coefficient (Wildman–Crippen LogP) is 4.64. The van der Waals surface area contributed by atoms with E-state index in [2.05, 4.69) is 15.2 Å². The van der Waals surface area contributed by atoms with E-state index in [1.807, 2.05) is 42.7 Å². The van der Waals surface area contributed by atoms with Gasteiger partial charge >= 0.3 is 0 Å². The van der Waals surface area contributed by atoms with E-state index in [-0.39, 0.29) is 12.1 Å². The number of nitrogens with zero attached hydrogens (tertiary/aromatic N) is 5. The third-order valence-electron chi connectivity index (χ3n) is 4.87. The Balaban J connectivity index is 1.43. The molecule has 31 heavy (non-hydrogen) atoms. The Morgan fingerprint density at radius 1 is 1.03 bits per heavy atom. The van der Waals surface area contributed by atoms with Crippen LogP contribution in [-0.2, 0) is 6.54 Å². The molecule has 0 bridgehead atoms. The Kier molecular flexibility index (Phi) is 5.09. The van der Waals surface area contributed by atoms with Gasteiger partial charge in [-0.3, -0.25) is 4.79 Å². The highest BCUT2D eigenvalue weighted by Crippen LogP contribution is 2.22. The average molecular weight is 450 g/mol. The normalized spacial score (nSPS) is 11.3. The third kappa shape index (κ3) is 3.87. The fraction of sp³-hybridized carbons (Fsp3) is 0.0909. The summed E-state index contributed by atoms with van der Waals surface area (Å²) in [5.41, 5.74) is 2.70. The van der Waals surface area contributed by atoms with Crippen LogP contribution in [-0.4, -0.2) is 30.6 Å². The zero-order chi connectivity index (χ0) is 21.4. The van der Waals surface area contributed by atoms with Gasteiger partial charge in [0.15, 0.2) is 0 Å². The van der Waals surface area contributed by atoms with Gasteiger partial charge in [-0.15, -0.1) is 11.8 Å². The summed E-state index contributed by atoms with van der Waals surface area (Å²) in [5, 5.41) is 9.18. The minimum Gasteiger partial charge on any atom is -0.337 e. The van der Waals surface area contributed by atoms with E-state index in [4.69, 9.17) is 16.1 Å². The first-order valence-electron chi connectivity index (χ1n) is 9.42. The maximum absolute atomic E-state index is 13.0. The Bertz CT molecular complexity index is 1420. The van der Waals surface area contributed by atoms with Crippen LogP contribution in [0.3, 0.4) is 0 Å². The number of thioether (sulfide) groups is 1. The Morgan fingerprint density at radius 2 is 1.77 bits per heavy atom. The van der Waals surface area contributed by atoms with Gasteiger partial charge in [-0.1, -0.05) is 28.9 Å². The van der Waals surface area contributed by atoms with Gasteiger partial charge in [-0.25, -0.2) is 4.52 Å². The van der Waals surface area contributed by atoms with Crippen molar-refractivity contribution >= 4 is 28.9 Å². The zero-order valence-electron chi connectivity index (χ0n) is 16.4. The molecule has 3 heterocycles. The highest BCUT2D eigenvalue weighted by atomic mass is 35.5. The van der Waals surface area contributed by atoms with Crippen LogP contribution in [0.5, 0.6) is 0 Å². The number of rotatable bonds is 5. The molecule has 0 aliphatic rings. The fourth-order valence-electron chi connectivity index (χ4n) is 3.23. The molecule has 0 radical (unpaired) electrons. The number of benzene rings is 2. The summed E-state index contributed by atoms with van der Waals surface area (Å²) in [6.45, 7) is 0.173. The first-order valence-corrected chi connectivity index (χ1v) is 11.0. The number of hydrogen-bond acceptors (Lipinski definition) is 6. The molecule has 7 nitrogen and oxygen atoms in total. The zero-order valence-corrected chi connectivity index (χ0v) is 18.0. The van der Waals surface area contributed by atoms with E-state index in [0.29, 0.717) is 27.9 Å². The molecular formula is C22H16ClN5O2S. The summed E-state index contributed by atoms with van der Waals surface area (Å²) in [4.78, 5) is 18.6. The second-order valence-electron chi connectivity index (χ2n) is 6.84. The van der Waals surface area contributed by atoms with Gasteiger partial charge < -0.3 is 9.09 Å². The van der Waals surface area contributed by atoms with Crippen molar-refractivity contribution in [1.82, 2.24) is 24.3 Å². The average Bonchev–Trinajstić information content (AvgIpc) is 3.44. The van der Waals surface area contributed by atoms with Crippen molar-refractivity contribution in [2.45, 2.75) is 11.4 Å². The molecule has 5 aromatic rings. The number of halogens is 1. The number of aromatic nitrogens is 5. The van der Waals surface area contributed by atoms with Gasteiger partial charge in [0.2, 0.25) is 11.7 Å². The summed E-state index contributed by atoms with van der Waals surface area (Å²) in [7, 11) is 0. The molecule has 0 amide bonds. The van der Waals surface area contributed by atoms with Gasteiger partial charge in [0.05, 0.1) is 5.69 Å². The quantitative estimate of drug-likeness (QED) is 0.364. The highest BCUT2D eigenvalue weighted by Gasteiger charge is 2.13. The standard InChI is InChI=1S/C22H16ClN5O2S/c1-31-17-8-4-15(5-9-17)21-24-20(30-26-21)13-27-10-11-28-19(22(27)29)12-18(25-28)14-2-6-16(23)7-3-14/h2-12H,13H2,1H3. The molecule has 0 saturated carbocycles. The molecule has 0 atom stereocenters. The van der Waals surface area contributed by atoms with Gasteiger partial charge in [0, 0.05) is 33.4 Å². The SMILES string of the molecule is CSc1ccc(-c2noc(Cn3ccn4nc(-c5ccc(Cl)cc5)cc4c3=O)n2)cc1. The second-order valence-corrected chi connectivity index (χ2v) is 8.15. The van der Waals surface area contributed by atoms with Crippen LogP contribution < -0.4 is 5.56 Å². The van der Waals surface area contributed by atoms with Gasteiger partial charge in [-0.2, -0.15) is 10.1 Å². The van der Waals surface area contributed by atoms with Crippen LogP contribution in [0.4, 0.5) is 0 Å². The van der Waals surface area contributed by atoms with E-state index in [0.717, 1.165) is 16.0 Å². The topological polar surface area (TPSA) is 78.2 Å². The molecule has 0 unspecified atom stereocenters. The molecule has 5 rings (SSSR count). The summed E-state index contributed by atoms with van der Waals surface area (Å²) in [6, 6.07) is 17.0. The fourth-order valence-corrected chi connectivity index (χ4v) is 3.77. The Morgan fingerprint density at radius 3 is 2.52 bits per heavy atom. The van der Waals surface area contributed by atoms with E-state index in [1.54, 1.807) is 46.9 Å². The summed E-state index contributed by atoms with van der Waals surface area (Å²) < 4.78 is 8.46. The smallest absolute Gasteiger partial charge is 0.277 e. The van der Waals surface area contributed by atoms with Crippen LogP contribution >= 0.6 is 23.4 Å². The maximum Gasteiger partial charge on any atom is 0.277 e. The van der Waals surface area contributed by atoms with E-state index in [1.165, 1.54) is 4.57 Å². The lowest BCUT2D eigenvalue weighted by atomic mass is 10.1. The molecule has 0 spiro atoms. The minimum atomic E-state index is -0.195. The van der Waals surface area contributed by atoms with Crippen LogP contribution in [0, 0.1) is 0 Å². The molecule has 154 valence electrons. The van der Waals surface area contributed by atoms with E-state index in [9.17, 15) is 4.79 Å². The molecule has 9 heteroatoms. The van der Waals surface area contributed by atoms with Crippen molar-refractivity contribution in [3.05, 3.63) is 88.3 Å². The summed E-state index contributed by atoms with van der Waals surface area (Å²) >= 11 is 7.62. The molecule has 0 fully saturated rings. The summed E-state index contributed by atoms with van der Waals surface area (Å²) in [5.74, 6) is 0.846. The van der Waals surface area contributed by atoms with Gasteiger partial charge in [0.25, 0.3) is 5.56 Å². The first kappa shape index (κ1) is 19.6. The van der Waals surface area contributed by atoms with Crippen molar-refractivity contribution in [1.29, 1.82) is 0 Å². The molecule has 0 aliphatic carbocycles. The van der Waals surface area contributed by atoms with Crippen molar-refractivity contribution in [3.63, 3.8) is 0 Å². The van der Waals surface area contributed by atoms with E-state index < -0.39 is 0 Å². The lowest BCUT2D eigenvalue weighted by Crippen LogP contribution is -2.21. The van der Waals surface area contributed by atoms with Crippen molar-refractivity contribution in [2.75, 3.05) is 6.26 Å². The Hall–Kier alpha value is -3.36. The maximum atomic E-state index is 13.0.